The van der Waals surface area contributed by atoms with Crippen molar-refractivity contribution in [2.75, 3.05) is 39.0 Å². The summed E-state index contributed by atoms with van der Waals surface area (Å²) in [6.45, 7) is 6.03. The maximum absolute atomic E-state index is 11.4. The normalized spacial score (nSPS) is 16.8. The molecule has 1 fully saturated rings. The summed E-state index contributed by atoms with van der Waals surface area (Å²) in [4.78, 5) is 15.7. The Hall–Kier alpha value is -1.75. The molecule has 1 saturated heterocycles. The Morgan fingerprint density at radius 1 is 1.25 bits per heavy atom. The van der Waals surface area contributed by atoms with Crippen molar-refractivity contribution >= 4 is 11.6 Å². The van der Waals surface area contributed by atoms with Gasteiger partial charge in [-0.25, -0.2) is 0 Å². The topological polar surface area (TPSA) is 58.8 Å². The van der Waals surface area contributed by atoms with E-state index in [2.05, 4.69) is 4.90 Å². The molecule has 0 saturated carbocycles. The lowest BCUT2D eigenvalue weighted by Gasteiger charge is -2.21. The molecule has 5 nitrogen and oxygen atoms in total. The van der Waals surface area contributed by atoms with Crippen molar-refractivity contribution in [3.63, 3.8) is 0 Å². The van der Waals surface area contributed by atoms with Gasteiger partial charge in [-0.2, -0.15) is 0 Å². The van der Waals surface area contributed by atoms with E-state index in [1.165, 1.54) is 0 Å². The number of benzene rings is 1. The third-order valence-electron chi connectivity index (χ3n) is 3.66. The van der Waals surface area contributed by atoms with Gasteiger partial charge in [0.05, 0.1) is 7.11 Å². The minimum absolute atomic E-state index is 0.164. The van der Waals surface area contributed by atoms with Crippen LogP contribution >= 0.6 is 0 Å². The van der Waals surface area contributed by atoms with Gasteiger partial charge in [0.25, 0.3) is 0 Å². The number of nitrogens with two attached hydrogens (primary N) is 1. The average Bonchev–Trinajstić information content (AvgIpc) is 2.63. The fraction of sp³-hybridized carbons (Fsp3) is 0.533. The molecular weight excluding hydrogens is 254 g/mol. The zero-order valence-corrected chi connectivity index (χ0v) is 12.3. The molecule has 110 valence electrons. The van der Waals surface area contributed by atoms with E-state index >= 15 is 0 Å². The highest BCUT2D eigenvalue weighted by molar-refractivity contribution is 5.73. The Balaban J connectivity index is 1.99. The maximum Gasteiger partial charge on any atom is 0.219 e. The van der Waals surface area contributed by atoms with Crippen LogP contribution in [0.15, 0.2) is 18.2 Å². The van der Waals surface area contributed by atoms with Crippen molar-refractivity contribution < 1.29 is 9.53 Å². The molecular formula is C15H23N3O2. The van der Waals surface area contributed by atoms with Gasteiger partial charge in [0.15, 0.2) is 0 Å². The molecule has 0 bridgehead atoms. The number of amides is 1. The molecule has 1 amide bonds. The third kappa shape index (κ3) is 3.87. The highest BCUT2D eigenvalue weighted by atomic mass is 16.5. The number of carbonyl (C=O) groups is 1. The van der Waals surface area contributed by atoms with Crippen molar-refractivity contribution in [3.8, 4) is 5.75 Å². The lowest BCUT2D eigenvalue weighted by atomic mass is 10.1. The molecule has 1 aromatic rings. The molecule has 0 unspecified atom stereocenters. The predicted octanol–water partition coefficient (Wildman–Crippen LogP) is 1.33. The quantitative estimate of drug-likeness (QED) is 0.847. The Morgan fingerprint density at radius 2 is 2.05 bits per heavy atom. The predicted molar refractivity (Wildman–Crippen MR) is 79.6 cm³/mol. The van der Waals surface area contributed by atoms with E-state index in [9.17, 15) is 4.79 Å². The van der Waals surface area contributed by atoms with Crippen molar-refractivity contribution in [2.24, 2.45) is 0 Å². The van der Waals surface area contributed by atoms with E-state index in [4.69, 9.17) is 10.5 Å². The fourth-order valence-electron chi connectivity index (χ4n) is 2.60. The van der Waals surface area contributed by atoms with Crippen molar-refractivity contribution in [3.05, 3.63) is 23.8 Å². The van der Waals surface area contributed by atoms with Crippen LogP contribution in [0.5, 0.6) is 5.75 Å². The molecule has 20 heavy (non-hydrogen) atoms. The van der Waals surface area contributed by atoms with Crippen molar-refractivity contribution in [2.45, 2.75) is 19.9 Å². The van der Waals surface area contributed by atoms with Gasteiger partial charge in [0.1, 0.15) is 5.75 Å². The zero-order chi connectivity index (χ0) is 14.5. The first-order valence-electron chi connectivity index (χ1n) is 7.00. The zero-order valence-electron chi connectivity index (χ0n) is 12.3. The molecule has 0 aliphatic carbocycles. The summed E-state index contributed by atoms with van der Waals surface area (Å²) >= 11 is 0. The van der Waals surface area contributed by atoms with Gasteiger partial charge < -0.3 is 15.4 Å². The second-order valence-electron chi connectivity index (χ2n) is 5.25. The van der Waals surface area contributed by atoms with Gasteiger partial charge in [-0.3, -0.25) is 9.69 Å². The molecule has 2 N–H and O–H groups in total. The first-order valence-corrected chi connectivity index (χ1v) is 7.00. The molecule has 5 heteroatoms. The standard InChI is InChI=1S/C15H23N3O2/c1-12(19)18-5-3-4-17(6-7-18)11-13-8-14(16)10-15(9-13)20-2/h8-10H,3-7,11,16H2,1-2H3. The van der Waals surface area contributed by atoms with Crippen LogP contribution in [0, 0.1) is 0 Å². The Morgan fingerprint density at radius 3 is 2.75 bits per heavy atom. The summed E-state index contributed by atoms with van der Waals surface area (Å²) in [6.07, 6.45) is 1.01. The van der Waals surface area contributed by atoms with Crippen molar-refractivity contribution in [1.29, 1.82) is 0 Å². The number of methoxy groups -OCH3 is 1. The summed E-state index contributed by atoms with van der Waals surface area (Å²) in [5.74, 6) is 0.956. The Bertz CT molecular complexity index is 476. The maximum atomic E-state index is 11.4. The van der Waals surface area contributed by atoms with Gasteiger partial charge in [-0.1, -0.05) is 0 Å². The van der Waals surface area contributed by atoms with Crippen molar-refractivity contribution in [1.82, 2.24) is 9.80 Å². The number of hydrogen-bond donors (Lipinski definition) is 1. The molecule has 0 radical (unpaired) electrons. The van der Waals surface area contributed by atoms with Gasteiger partial charge in [-0.05, 0) is 24.1 Å². The molecule has 0 atom stereocenters. The largest absolute Gasteiger partial charge is 0.497 e. The lowest BCUT2D eigenvalue weighted by molar-refractivity contribution is -0.128. The molecule has 0 aromatic heterocycles. The van der Waals surface area contributed by atoms with Crippen LogP contribution in [0.4, 0.5) is 5.69 Å². The molecule has 1 heterocycles. The van der Waals surface area contributed by atoms with E-state index in [0.29, 0.717) is 0 Å². The summed E-state index contributed by atoms with van der Waals surface area (Å²) < 4.78 is 5.25. The Labute approximate surface area is 120 Å². The van der Waals surface area contributed by atoms with E-state index in [1.807, 2.05) is 23.1 Å². The van der Waals surface area contributed by atoms with Crippen LogP contribution in [0.1, 0.15) is 18.9 Å². The second kappa shape index (κ2) is 6.61. The molecule has 1 aliphatic heterocycles. The molecule has 1 aliphatic rings. The van der Waals surface area contributed by atoms with E-state index < -0.39 is 0 Å². The summed E-state index contributed by atoms with van der Waals surface area (Å²) in [5.41, 5.74) is 7.75. The van der Waals surface area contributed by atoms with Crippen LogP contribution < -0.4 is 10.5 Å². The Kier molecular flexibility index (Phi) is 4.84. The van der Waals surface area contributed by atoms with Crippen LogP contribution in [0.25, 0.3) is 0 Å². The highest BCUT2D eigenvalue weighted by Gasteiger charge is 2.16. The number of hydrogen-bond acceptors (Lipinski definition) is 4. The smallest absolute Gasteiger partial charge is 0.219 e. The van der Waals surface area contributed by atoms with Gasteiger partial charge in [0.2, 0.25) is 5.91 Å². The number of rotatable bonds is 3. The summed E-state index contributed by atoms with van der Waals surface area (Å²) in [7, 11) is 1.65. The number of nitrogens with zero attached hydrogens (tertiary/aromatic N) is 2. The highest BCUT2D eigenvalue weighted by Crippen LogP contribution is 2.20. The van der Waals surface area contributed by atoms with E-state index in [1.54, 1.807) is 14.0 Å². The first kappa shape index (κ1) is 14.7. The van der Waals surface area contributed by atoms with Gasteiger partial charge in [-0.15, -0.1) is 0 Å². The second-order valence-corrected chi connectivity index (χ2v) is 5.25. The average molecular weight is 277 g/mol. The van der Waals surface area contributed by atoms with E-state index in [0.717, 1.165) is 56.1 Å². The number of carbonyl (C=O) groups excluding carboxylic acids is 1. The fourth-order valence-corrected chi connectivity index (χ4v) is 2.60. The molecule has 1 aromatic carbocycles. The number of ether oxygens (including phenoxy) is 1. The lowest BCUT2D eigenvalue weighted by Crippen LogP contribution is -2.33. The molecule has 2 rings (SSSR count). The SMILES string of the molecule is COc1cc(N)cc(CN2CCCN(C(C)=O)CC2)c1. The minimum atomic E-state index is 0.164. The van der Waals surface area contributed by atoms with Gasteiger partial charge >= 0.3 is 0 Å². The monoisotopic (exact) mass is 277 g/mol. The van der Waals surface area contributed by atoms with E-state index in [-0.39, 0.29) is 5.91 Å². The number of anilines is 1. The van der Waals surface area contributed by atoms with Crippen LogP contribution in [0.3, 0.4) is 0 Å². The van der Waals surface area contributed by atoms with Gasteiger partial charge in [0, 0.05) is 51.4 Å². The molecule has 0 spiro atoms. The van der Waals surface area contributed by atoms with Crippen LogP contribution in [-0.4, -0.2) is 49.0 Å². The summed E-state index contributed by atoms with van der Waals surface area (Å²) in [6, 6.07) is 5.82. The minimum Gasteiger partial charge on any atom is -0.497 e. The number of nitrogen functional groups attached to an aromatic ring is 1. The van der Waals surface area contributed by atoms with Crippen LogP contribution in [-0.2, 0) is 11.3 Å². The van der Waals surface area contributed by atoms with Crippen LogP contribution in [0.2, 0.25) is 0 Å². The third-order valence-corrected chi connectivity index (χ3v) is 3.66. The first-order chi connectivity index (χ1) is 9.58. The summed E-state index contributed by atoms with van der Waals surface area (Å²) in [5, 5.41) is 0.